The molecule has 4 heteroatoms. The number of carboxylic acids is 2. The molecule has 0 aliphatic carbocycles. The van der Waals surface area contributed by atoms with Crippen LogP contribution in [0.15, 0.2) is 72.9 Å². The van der Waals surface area contributed by atoms with Gasteiger partial charge in [0.05, 0.1) is 0 Å². The summed E-state index contributed by atoms with van der Waals surface area (Å²) >= 11 is 0. The van der Waals surface area contributed by atoms with Crippen molar-refractivity contribution in [3.63, 3.8) is 0 Å². The van der Waals surface area contributed by atoms with Gasteiger partial charge in [0.25, 0.3) is 0 Å². The van der Waals surface area contributed by atoms with E-state index in [2.05, 4.69) is 36.5 Å². The molecule has 0 unspecified atom stereocenters. The standard InChI is InChI=1S/C32H50O4/c33-31(34)29-27-25-23-21-19-17-15-13-11-9-7-5-3-1-2-4-6-8-10-12-14-16-18-20-22-24-26-28-30-32(35)36/h1-12H,13-30H2,(H,33,34)(H,35,36)/b3-1+,4-2+,7-5+,8-6+,11-9+,12-10+. The summed E-state index contributed by atoms with van der Waals surface area (Å²) in [6, 6.07) is 0. The summed E-state index contributed by atoms with van der Waals surface area (Å²) in [6.07, 6.45) is 43.7. The van der Waals surface area contributed by atoms with Gasteiger partial charge in [0.2, 0.25) is 0 Å². The van der Waals surface area contributed by atoms with Crippen molar-refractivity contribution in [2.24, 2.45) is 0 Å². The summed E-state index contributed by atoms with van der Waals surface area (Å²) in [5.74, 6) is -1.36. The predicted molar refractivity (Wildman–Crippen MR) is 153 cm³/mol. The summed E-state index contributed by atoms with van der Waals surface area (Å²) in [6.45, 7) is 0. The molecule has 4 nitrogen and oxygen atoms in total. The van der Waals surface area contributed by atoms with Crippen LogP contribution in [-0.4, -0.2) is 22.2 Å². The van der Waals surface area contributed by atoms with Gasteiger partial charge in [0, 0.05) is 12.8 Å². The number of allylic oxidation sites excluding steroid dienone is 12. The number of carbonyl (C=O) groups is 2. The Hall–Kier alpha value is -2.62. The fourth-order valence-corrected chi connectivity index (χ4v) is 3.71. The Morgan fingerprint density at radius 1 is 0.361 bits per heavy atom. The molecule has 36 heavy (non-hydrogen) atoms. The summed E-state index contributed by atoms with van der Waals surface area (Å²) in [5.41, 5.74) is 0. The van der Waals surface area contributed by atoms with Gasteiger partial charge in [-0.3, -0.25) is 9.59 Å². The SMILES string of the molecule is O=C(O)CCCCCCCCC/C=C/C=C/C=C/C=C/C=C/C=C/CCCCCCCCCC(=O)O. The Kier molecular flexibility index (Phi) is 26.5. The van der Waals surface area contributed by atoms with Crippen LogP contribution in [0, 0.1) is 0 Å². The number of hydrogen-bond acceptors (Lipinski definition) is 2. The Balaban J connectivity index is 3.49. The Morgan fingerprint density at radius 2 is 0.611 bits per heavy atom. The monoisotopic (exact) mass is 498 g/mol. The fourth-order valence-electron chi connectivity index (χ4n) is 3.71. The fraction of sp³-hybridized carbons (Fsp3) is 0.562. The van der Waals surface area contributed by atoms with E-state index in [1.807, 2.05) is 36.5 Å². The van der Waals surface area contributed by atoms with E-state index in [0.29, 0.717) is 12.8 Å². The van der Waals surface area contributed by atoms with Crippen LogP contribution in [0.5, 0.6) is 0 Å². The van der Waals surface area contributed by atoms with Gasteiger partial charge < -0.3 is 10.2 Å². The molecule has 2 N–H and O–H groups in total. The second-order valence-electron chi connectivity index (χ2n) is 9.21. The van der Waals surface area contributed by atoms with Crippen LogP contribution >= 0.6 is 0 Å². The zero-order valence-corrected chi connectivity index (χ0v) is 22.4. The first-order valence-electron chi connectivity index (χ1n) is 14.0. The molecule has 0 bridgehead atoms. The van der Waals surface area contributed by atoms with Crippen molar-refractivity contribution >= 4 is 11.9 Å². The molecule has 0 aromatic heterocycles. The second-order valence-corrected chi connectivity index (χ2v) is 9.21. The number of aliphatic carboxylic acids is 2. The van der Waals surface area contributed by atoms with Crippen LogP contribution < -0.4 is 0 Å². The van der Waals surface area contributed by atoms with E-state index >= 15 is 0 Å². The second kappa shape index (κ2) is 28.6. The molecule has 0 amide bonds. The molecule has 202 valence electrons. The van der Waals surface area contributed by atoms with Gasteiger partial charge in [-0.25, -0.2) is 0 Å². The molecule has 0 heterocycles. The highest BCUT2D eigenvalue weighted by Gasteiger charge is 1.97. The maximum Gasteiger partial charge on any atom is 0.303 e. The van der Waals surface area contributed by atoms with E-state index in [1.54, 1.807) is 0 Å². The summed E-state index contributed by atoms with van der Waals surface area (Å²) in [5, 5.41) is 17.2. The molecule has 0 fully saturated rings. The van der Waals surface area contributed by atoms with E-state index in [-0.39, 0.29) is 0 Å². The van der Waals surface area contributed by atoms with E-state index in [4.69, 9.17) is 10.2 Å². The van der Waals surface area contributed by atoms with E-state index in [9.17, 15) is 9.59 Å². The predicted octanol–water partition coefficient (Wildman–Crippen LogP) is 9.51. The molecule has 0 saturated heterocycles. The quantitative estimate of drug-likeness (QED) is 0.0970. The average molecular weight is 499 g/mol. The highest BCUT2D eigenvalue weighted by molar-refractivity contribution is 5.66. The normalized spacial score (nSPS) is 12.6. The third-order valence-corrected chi connectivity index (χ3v) is 5.80. The molecular formula is C32H50O4. The van der Waals surface area contributed by atoms with Crippen molar-refractivity contribution in [2.45, 2.75) is 116 Å². The lowest BCUT2D eigenvalue weighted by molar-refractivity contribution is -0.138. The minimum atomic E-state index is -0.682. The lowest BCUT2D eigenvalue weighted by atomic mass is 10.1. The summed E-state index contributed by atoms with van der Waals surface area (Å²) < 4.78 is 0. The Bertz CT molecular complexity index is 635. The third kappa shape index (κ3) is 31.4. The Labute approximate surface area is 220 Å². The van der Waals surface area contributed by atoms with E-state index < -0.39 is 11.9 Å². The largest absolute Gasteiger partial charge is 0.481 e. The minimum absolute atomic E-state index is 0.308. The third-order valence-electron chi connectivity index (χ3n) is 5.80. The maximum atomic E-state index is 10.4. The molecule has 0 aromatic rings. The minimum Gasteiger partial charge on any atom is -0.481 e. The van der Waals surface area contributed by atoms with Crippen molar-refractivity contribution < 1.29 is 19.8 Å². The number of hydrogen-bond donors (Lipinski definition) is 2. The lowest BCUT2D eigenvalue weighted by Gasteiger charge is -1.99. The molecule has 0 aromatic carbocycles. The smallest absolute Gasteiger partial charge is 0.303 e. The molecule has 0 atom stereocenters. The maximum absolute atomic E-state index is 10.4. The summed E-state index contributed by atoms with van der Waals surface area (Å²) in [4.78, 5) is 20.9. The lowest BCUT2D eigenvalue weighted by Crippen LogP contribution is -1.93. The van der Waals surface area contributed by atoms with E-state index in [0.717, 1.165) is 51.4 Å². The van der Waals surface area contributed by atoms with Crippen LogP contribution in [-0.2, 0) is 9.59 Å². The van der Waals surface area contributed by atoms with Crippen LogP contribution in [0.25, 0.3) is 0 Å². The molecule has 0 rings (SSSR count). The van der Waals surface area contributed by atoms with Crippen molar-refractivity contribution in [3.05, 3.63) is 72.9 Å². The van der Waals surface area contributed by atoms with Gasteiger partial charge in [-0.1, -0.05) is 137 Å². The van der Waals surface area contributed by atoms with Crippen molar-refractivity contribution in [3.8, 4) is 0 Å². The van der Waals surface area contributed by atoms with Crippen LogP contribution in [0.3, 0.4) is 0 Å². The van der Waals surface area contributed by atoms with Crippen molar-refractivity contribution in [1.29, 1.82) is 0 Å². The number of unbranched alkanes of at least 4 members (excludes halogenated alkanes) is 14. The van der Waals surface area contributed by atoms with Crippen LogP contribution in [0.1, 0.15) is 116 Å². The Morgan fingerprint density at radius 3 is 0.917 bits per heavy atom. The molecular weight excluding hydrogens is 448 g/mol. The summed E-state index contributed by atoms with van der Waals surface area (Å²) in [7, 11) is 0. The molecule has 0 aliphatic rings. The molecule has 0 aliphatic heterocycles. The topological polar surface area (TPSA) is 74.6 Å². The highest BCUT2D eigenvalue weighted by atomic mass is 16.4. The first-order chi connectivity index (χ1) is 17.6. The van der Waals surface area contributed by atoms with Crippen LogP contribution in [0.2, 0.25) is 0 Å². The van der Waals surface area contributed by atoms with Gasteiger partial charge >= 0.3 is 11.9 Å². The van der Waals surface area contributed by atoms with Gasteiger partial charge in [-0.15, -0.1) is 0 Å². The van der Waals surface area contributed by atoms with Gasteiger partial charge in [0.15, 0.2) is 0 Å². The molecule has 0 radical (unpaired) electrons. The van der Waals surface area contributed by atoms with Crippen molar-refractivity contribution in [2.75, 3.05) is 0 Å². The average Bonchev–Trinajstić information content (AvgIpc) is 2.85. The first-order valence-corrected chi connectivity index (χ1v) is 14.0. The van der Waals surface area contributed by atoms with Crippen molar-refractivity contribution in [1.82, 2.24) is 0 Å². The number of carboxylic acid groups (broad SMARTS) is 2. The number of rotatable bonds is 25. The zero-order valence-electron chi connectivity index (χ0n) is 22.4. The molecule has 0 saturated carbocycles. The highest BCUT2D eigenvalue weighted by Crippen LogP contribution is 2.11. The molecule has 0 spiro atoms. The van der Waals surface area contributed by atoms with E-state index in [1.165, 1.54) is 51.4 Å². The van der Waals surface area contributed by atoms with Gasteiger partial charge in [-0.05, 0) is 38.5 Å². The first kappa shape index (κ1) is 33.4. The van der Waals surface area contributed by atoms with Gasteiger partial charge in [0.1, 0.15) is 0 Å². The van der Waals surface area contributed by atoms with Crippen LogP contribution in [0.4, 0.5) is 0 Å². The van der Waals surface area contributed by atoms with Gasteiger partial charge in [-0.2, -0.15) is 0 Å². The zero-order chi connectivity index (χ0) is 26.4.